The van der Waals surface area contributed by atoms with Crippen molar-refractivity contribution >= 4 is 5.91 Å². The summed E-state index contributed by atoms with van der Waals surface area (Å²) in [6.45, 7) is 5.77. The normalized spacial score (nSPS) is 31.6. The maximum Gasteiger partial charge on any atom is 0.223 e. The second kappa shape index (κ2) is 3.54. The predicted molar refractivity (Wildman–Crippen MR) is 54.0 cm³/mol. The molecule has 2 aliphatic rings. The van der Waals surface area contributed by atoms with Gasteiger partial charge in [0.15, 0.2) is 0 Å². The summed E-state index contributed by atoms with van der Waals surface area (Å²) in [5.41, 5.74) is 0.0708. The number of ether oxygens (including phenoxy) is 1. The molecule has 1 amide bonds. The van der Waals surface area contributed by atoms with Gasteiger partial charge in [0.25, 0.3) is 0 Å². The first kappa shape index (κ1) is 9.97. The molecule has 0 saturated carbocycles. The highest BCUT2D eigenvalue weighted by molar-refractivity contribution is 5.80. The molecule has 0 aromatic heterocycles. The van der Waals surface area contributed by atoms with Crippen LogP contribution < -0.4 is 0 Å². The average molecular weight is 197 g/mol. The van der Waals surface area contributed by atoms with E-state index in [9.17, 15) is 4.79 Å². The van der Waals surface area contributed by atoms with Crippen LogP contribution in [0.25, 0.3) is 0 Å². The van der Waals surface area contributed by atoms with Crippen molar-refractivity contribution in [3.8, 4) is 0 Å². The van der Waals surface area contributed by atoms with Crippen LogP contribution in [0.2, 0.25) is 0 Å². The van der Waals surface area contributed by atoms with Gasteiger partial charge < -0.3 is 9.64 Å². The second-order valence-electron chi connectivity index (χ2n) is 4.73. The Morgan fingerprint density at radius 3 is 3.00 bits per heavy atom. The maximum atomic E-state index is 11.6. The molecule has 0 aliphatic carbocycles. The van der Waals surface area contributed by atoms with E-state index in [1.54, 1.807) is 0 Å². The number of nitrogens with zero attached hydrogens (tertiary/aromatic N) is 1. The van der Waals surface area contributed by atoms with Crippen molar-refractivity contribution in [1.29, 1.82) is 0 Å². The Morgan fingerprint density at radius 1 is 1.50 bits per heavy atom. The third-order valence-electron chi connectivity index (χ3n) is 3.39. The van der Waals surface area contributed by atoms with Crippen LogP contribution in [0.4, 0.5) is 0 Å². The van der Waals surface area contributed by atoms with Crippen LogP contribution in [0.15, 0.2) is 0 Å². The molecule has 3 heteroatoms. The molecule has 2 rings (SSSR count). The quantitative estimate of drug-likeness (QED) is 0.687. The zero-order chi connectivity index (χ0) is 10.2. The predicted octanol–water partition coefficient (Wildman–Crippen LogP) is 1.57. The van der Waals surface area contributed by atoms with E-state index >= 15 is 0 Å². The first-order chi connectivity index (χ1) is 6.64. The highest BCUT2D eigenvalue weighted by Crippen LogP contribution is 2.39. The number of fused-ring (bicyclic) bond motifs is 1. The van der Waals surface area contributed by atoms with Crippen molar-refractivity contribution < 1.29 is 9.53 Å². The Hall–Kier alpha value is -0.570. The Morgan fingerprint density at radius 2 is 2.29 bits per heavy atom. The van der Waals surface area contributed by atoms with Crippen LogP contribution in [-0.4, -0.2) is 35.6 Å². The van der Waals surface area contributed by atoms with Gasteiger partial charge in [-0.3, -0.25) is 4.79 Å². The number of hydrogen-bond acceptors (Lipinski definition) is 2. The van der Waals surface area contributed by atoms with Crippen LogP contribution in [0, 0.1) is 0 Å². The molecule has 14 heavy (non-hydrogen) atoms. The van der Waals surface area contributed by atoms with E-state index in [2.05, 4.69) is 4.90 Å². The zero-order valence-corrected chi connectivity index (χ0v) is 9.08. The topological polar surface area (TPSA) is 29.5 Å². The molecular weight excluding hydrogens is 178 g/mol. The van der Waals surface area contributed by atoms with Crippen molar-refractivity contribution in [2.24, 2.45) is 0 Å². The molecule has 0 spiro atoms. The standard InChI is InChI=1S/C11H19NO2/c1-9(2)14-8-11-5-3-7-12(11)10(13)4-6-11/h9H,3-8H2,1-2H3. The van der Waals surface area contributed by atoms with E-state index in [0.29, 0.717) is 5.91 Å². The van der Waals surface area contributed by atoms with Crippen LogP contribution in [0.5, 0.6) is 0 Å². The first-order valence-electron chi connectivity index (χ1n) is 5.56. The van der Waals surface area contributed by atoms with E-state index < -0.39 is 0 Å². The lowest BCUT2D eigenvalue weighted by Gasteiger charge is -2.32. The fourth-order valence-electron chi connectivity index (χ4n) is 2.61. The van der Waals surface area contributed by atoms with E-state index in [-0.39, 0.29) is 11.6 Å². The average Bonchev–Trinajstić information content (AvgIpc) is 2.65. The molecule has 1 atom stereocenters. The highest BCUT2D eigenvalue weighted by atomic mass is 16.5. The summed E-state index contributed by atoms with van der Waals surface area (Å²) < 4.78 is 5.68. The largest absolute Gasteiger partial charge is 0.376 e. The molecule has 0 bridgehead atoms. The smallest absolute Gasteiger partial charge is 0.223 e. The number of carbonyl (C=O) groups excluding carboxylic acids is 1. The zero-order valence-electron chi connectivity index (χ0n) is 9.08. The molecule has 2 heterocycles. The van der Waals surface area contributed by atoms with Gasteiger partial charge in [0.2, 0.25) is 5.91 Å². The van der Waals surface area contributed by atoms with E-state index in [1.165, 1.54) is 0 Å². The number of rotatable bonds is 3. The van der Waals surface area contributed by atoms with Crippen LogP contribution in [0.1, 0.15) is 39.5 Å². The molecule has 2 aliphatic heterocycles. The molecule has 0 aromatic carbocycles. The third-order valence-corrected chi connectivity index (χ3v) is 3.39. The lowest BCUT2D eigenvalue weighted by Crippen LogP contribution is -2.44. The third kappa shape index (κ3) is 1.54. The first-order valence-corrected chi connectivity index (χ1v) is 5.56. The number of hydrogen-bond donors (Lipinski definition) is 0. The van der Waals surface area contributed by atoms with Crippen molar-refractivity contribution in [3.05, 3.63) is 0 Å². The van der Waals surface area contributed by atoms with Gasteiger partial charge in [-0.2, -0.15) is 0 Å². The molecule has 3 nitrogen and oxygen atoms in total. The van der Waals surface area contributed by atoms with E-state index in [1.807, 2.05) is 13.8 Å². The highest BCUT2D eigenvalue weighted by Gasteiger charge is 2.48. The number of amides is 1. The molecule has 0 aromatic rings. The van der Waals surface area contributed by atoms with E-state index in [4.69, 9.17) is 4.74 Å². The van der Waals surface area contributed by atoms with Crippen molar-refractivity contribution in [1.82, 2.24) is 4.90 Å². The van der Waals surface area contributed by atoms with Gasteiger partial charge in [0.1, 0.15) is 0 Å². The minimum absolute atomic E-state index is 0.0708. The van der Waals surface area contributed by atoms with Crippen LogP contribution in [0.3, 0.4) is 0 Å². The number of carbonyl (C=O) groups is 1. The monoisotopic (exact) mass is 197 g/mol. The molecule has 0 N–H and O–H groups in total. The molecule has 2 fully saturated rings. The second-order valence-corrected chi connectivity index (χ2v) is 4.73. The summed E-state index contributed by atoms with van der Waals surface area (Å²) >= 11 is 0. The maximum absolute atomic E-state index is 11.6. The Bertz CT molecular complexity index is 239. The summed E-state index contributed by atoms with van der Waals surface area (Å²) in [6.07, 6.45) is 4.26. The van der Waals surface area contributed by atoms with E-state index in [0.717, 1.165) is 38.8 Å². The van der Waals surface area contributed by atoms with Gasteiger partial charge in [0, 0.05) is 13.0 Å². The van der Waals surface area contributed by atoms with Crippen molar-refractivity contribution in [3.63, 3.8) is 0 Å². The van der Waals surface area contributed by atoms with Gasteiger partial charge in [-0.1, -0.05) is 0 Å². The molecule has 1 unspecified atom stereocenters. The van der Waals surface area contributed by atoms with Crippen LogP contribution in [-0.2, 0) is 9.53 Å². The van der Waals surface area contributed by atoms with Crippen molar-refractivity contribution in [2.45, 2.75) is 51.2 Å². The molecule has 80 valence electrons. The van der Waals surface area contributed by atoms with Gasteiger partial charge >= 0.3 is 0 Å². The van der Waals surface area contributed by atoms with Crippen LogP contribution >= 0.6 is 0 Å². The lowest BCUT2D eigenvalue weighted by molar-refractivity contribution is -0.131. The summed E-state index contributed by atoms with van der Waals surface area (Å²) in [6, 6.07) is 0. The Balaban J connectivity index is 2.02. The fraction of sp³-hybridized carbons (Fsp3) is 0.909. The molecule has 2 saturated heterocycles. The Labute approximate surface area is 85.4 Å². The fourth-order valence-corrected chi connectivity index (χ4v) is 2.61. The summed E-state index contributed by atoms with van der Waals surface area (Å²) in [5, 5.41) is 0. The summed E-state index contributed by atoms with van der Waals surface area (Å²) in [4.78, 5) is 13.6. The minimum Gasteiger partial charge on any atom is -0.376 e. The summed E-state index contributed by atoms with van der Waals surface area (Å²) in [5.74, 6) is 0.329. The van der Waals surface area contributed by atoms with Gasteiger partial charge in [-0.05, 0) is 33.1 Å². The molecular formula is C11H19NO2. The van der Waals surface area contributed by atoms with Crippen molar-refractivity contribution in [2.75, 3.05) is 13.2 Å². The Kier molecular flexibility index (Phi) is 2.52. The van der Waals surface area contributed by atoms with Gasteiger partial charge in [-0.15, -0.1) is 0 Å². The lowest BCUT2D eigenvalue weighted by atomic mass is 9.95. The minimum atomic E-state index is 0.0708. The summed E-state index contributed by atoms with van der Waals surface area (Å²) in [7, 11) is 0. The van der Waals surface area contributed by atoms with Gasteiger partial charge in [-0.25, -0.2) is 0 Å². The van der Waals surface area contributed by atoms with Gasteiger partial charge in [0.05, 0.1) is 18.2 Å². The SMILES string of the molecule is CC(C)OCC12CCCN1C(=O)CC2. The molecule has 0 radical (unpaired) electrons.